The fraction of sp³-hybridized carbons (Fsp3) is 0.400. The SMILES string of the molecule is CCOc1cnc(C#N)cc1COC. The van der Waals surface area contributed by atoms with Gasteiger partial charge >= 0.3 is 0 Å². The zero-order chi connectivity index (χ0) is 10.4. The van der Waals surface area contributed by atoms with E-state index in [-0.39, 0.29) is 0 Å². The first-order valence-electron chi connectivity index (χ1n) is 4.32. The van der Waals surface area contributed by atoms with Crippen LogP contribution in [0.3, 0.4) is 0 Å². The molecular formula is C10H12N2O2. The van der Waals surface area contributed by atoms with E-state index in [9.17, 15) is 0 Å². The van der Waals surface area contributed by atoms with Crippen molar-refractivity contribution in [2.45, 2.75) is 13.5 Å². The van der Waals surface area contributed by atoms with Crippen molar-refractivity contribution in [1.82, 2.24) is 4.98 Å². The van der Waals surface area contributed by atoms with Crippen LogP contribution in [-0.4, -0.2) is 18.7 Å². The maximum absolute atomic E-state index is 8.66. The van der Waals surface area contributed by atoms with Crippen LogP contribution >= 0.6 is 0 Å². The average molecular weight is 192 g/mol. The standard InChI is InChI=1S/C10H12N2O2/c1-3-14-10-6-12-9(5-11)4-8(10)7-13-2/h4,6H,3,7H2,1-2H3. The summed E-state index contributed by atoms with van der Waals surface area (Å²) in [6, 6.07) is 3.65. The van der Waals surface area contributed by atoms with E-state index in [0.29, 0.717) is 24.7 Å². The smallest absolute Gasteiger partial charge is 0.143 e. The number of pyridine rings is 1. The number of hydrogen-bond donors (Lipinski definition) is 0. The summed E-state index contributed by atoms with van der Waals surface area (Å²) < 4.78 is 10.3. The summed E-state index contributed by atoms with van der Waals surface area (Å²) in [5.74, 6) is 0.674. The van der Waals surface area contributed by atoms with Crippen molar-refractivity contribution in [3.63, 3.8) is 0 Å². The van der Waals surface area contributed by atoms with Gasteiger partial charge in [0, 0.05) is 12.7 Å². The molecule has 0 aliphatic rings. The van der Waals surface area contributed by atoms with Crippen LogP contribution in [0.15, 0.2) is 12.3 Å². The number of methoxy groups -OCH3 is 1. The highest BCUT2D eigenvalue weighted by Gasteiger charge is 2.05. The zero-order valence-electron chi connectivity index (χ0n) is 8.28. The molecule has 0 N–H and O–H groups in total. The minimum absolute atomic E-state index is 0.375. The Morgan fingerprint density at radius 1 is 1.57 bits per heavy atom. The molecule has 0 saturated heterocycles. The van der Waals surface area contributed by atoms with E-state index >= 15 is 0 Å². The Hall–Kier alpha value is -1.60. The van der Waals surface area contributed by atoms with Crippen LogP contribution in [-0.2, 0) is 11.3 Å². The second kappa shape index (κ2) is 5.20. The normalized spacial score (nSPS) is 9.50. The lowest BCUT2D eigenvalue weighted by molar-refractivity contribution is 0.180. The molecule has 0 bridgehead atoms. The summed E-state index contributed by atoms with van der Waals surface area (Å²) in [6.45, 7) is 2.89. The lowest BCUT2D eigenvalue weighted by Crippen LogP contribution is -2.00. The summed E-state index contributed by atoms with van der Waals surface area (Å²) in [7, 11) is 1.60. The minimum Gasteiger partial charge on any atom is -0.492 e. The van der Waals surface area contributed by atoms with Gasteiger partial charge in [-0.3, -0.25) is 0 Å². The van der Waals surface area contributed by atoms with Crippen molar-refractivity contribution in [3.8, 4) is 11.8 Å². The predicted molar refractivity (Wildman–Crippen MR) is 50.8 cm³/mol. The van der Waals surface area contributed by atoms with Gasteiger partial charge in [-0.2, -0.15) is 5.26 Å². The van der Waals surface area contributed by atoms with Gasteiger partial charge in [0.05, 0.1) is 19.4 Å². The number of nitriles is 1. The van der Waals surface area contributed by atoms with E-state index in [2.05, 4.69) is 4.98 Å². The summed E-state index contributed by atoms with van der Waals surface area (Å²) in [4.78, 5) is 3.92. The molecule has 0 aromatic carbocycles. The highest BCUT2D eigenvalue weighted by molar-refractivity contribution is 5.35. The van der Waals surface area contributed by atoms with Gasteiger partial charge in [-0.15, -0.1) is 0 Å². The van der Waals surface area contributed by atoms with Crippen LogP contribution < -0.4 is 4.74 Å². The largest absolute Gasteiger partial charge is 0.492 e. The van der Waals surface area contributed by atoms with Crippen molar-refractivity contribution in [2.24, 2.45) is 0 Å². The first-order chi connectivity index (χ1) is 6.81. The van der Waals surface area contributed by atoms with Gasteiger partial charge in [-0.25, -0.2) is 4.98 Å². The van der Waals surface area contributed by atoms with Crippen molar-refractivity contribution in [1.29, 1.82) is 5.26 Å². The molecule has 1 rings (SSSR count). The second-order valence-electron chi connectivity index (χ2n) is 2.66. The van der Waals surface area contributed by atoms with Gasteiger partial charge in [-0.1, -0.05) is 0 Å². The highest BCUT2D eigenvalue weighted by atomic mass is 16.5. The third kappa shape index (κ3) is 2.44. The molecule has 74 valence electrons. The van der Waals surface area contributed by atoms with E-state index in [4.69, 9.17) is 14.7 Å². The second-order valence-corrected chi connectivity index (χ2v) is 2.66. The Balaban J connectivity index is 2.98. The van der Waals surface area contributed by atoms with E-state index in [0.717, 1.165) is 5.56 Å². The number of ether oxygens (including phenoxy) is 2. The Kier molecular flexibility index (Phi) is 3.89. The van der Waals surface area contributed by atoms with Crippen LogP contribution in [0, 0.1) is 11.3 Å². The van der Waals surface area contributed by atoms with Gasteiger partial charge in [0.15, 0.2) is 0 Å². The quantitative estimate of drug-likeness (QED) is 0.725. The number of rotatable bonds is 4. The van der Waals surface area contributed by atoms with E-state index in [1.807, 2.05) is 13.0 Å². The molecule has 0 amide bonds. The Labute approximate surface area is 83.1 Å². The number of hydrogen-bond acceptors (Lipinski definition) is 4. The van der Waals surface area contributed by atoms with Crippen molar-refractivity contribution >= 4 is 0 Å². The lowest BCUT2D eigenvalue weighted by atomic mass is 10.2. The molecule has 1 aromatic heterocycles. The van der Waals surface area contributed by atoms with Gasteiger partial charge in [0.1, 0.15) is 17.5 Å². The molecule has 1 heterocycles. The monoisotopic (exact) mass is 192 g/mol. The molecule has 0 atom stereocenters. The van der Waals surface area contributed by atoms with Crippen molar-refractivity contribution in [2.75, 3.05) is 13.7 Å². The van der Waals surface area contributed by atoms with Gasteiger partial charge in [0.25, 0.3) is 0 Å². The van der Waals surface area contributed by atoms with Crippen LogP contribution in [0.5, 0.6) is 5.75 Å². The van der Waals surface area contributed by atoms with Gasteiger partial charge < -0.3 is 9.47 Å². The first kappa shape index (κ1) is 10.5. The number of aromatic nitrogens is 1. The number of nitrogens with zero attached hydrogens (tertiary/aromatic N) is 2. The Bertz CT molecular complexity index is 344. The molecule has 0 aliphatic heterocycles. The first-order valence-corrected chi connectivity index (χ1v) is 4.32. The molecule has 0 saturated carbocycles. The third-order valence-electron chi connectivity index (χ3n) is 1.66. The Morgan fingerprint density at radius 3 is 2.93 bits per heavy atom. The molecule has 14 heavy (non-hydrogen) atoms. The summed E-state index contributed by atoms with van der Waals surface area (Å²) >= 11 is 0. The fourth-order valence-electron chi connectivity index (χ4n) is 1.10. The molecule has 4 nitrogen and oxygen atoms in total. The molecule has 4 heteroatoms. The lowest BCUT2D eigenvalue weighted by Gasteiger charge is -2.08. The Morgan fingerprint density at radius 2 is 2.36 bits per heavy atom. The maximum atomic E-state index is 8.66. The topological polar surface area (TPSA) is 55.1 Å². The third-order valence-corrected chi connectivity index (χ3v) is 1.66. The predicted octanol–water partition coefficient (Wildman–Crippen LogP) is 1.50. The minimum atomic E-state index is 0.375. The van der Waals surface area contributed by atoms with Crippen LogP contribution in [0.25, 0.3) is 0 Å². The fourth-order valence-corrected chi connectivity index (χ4v) is 1.10. The van der Waals surface area contributed by atoms with E-state index in [1.165, 1.54) is 0 Å². The van der Waals surface area contributed by atoms with Gasteiger partial charge in [-0.05, 0) is 13.0 Å². The molecule has 1 aromatic rings. The summed E-state index contributed by atoms with van der Waals surface area (Å²) in [5.41, 5.74) is 1.22. The van der Waals surface area contributed by atoms with Crippen LogP contribution in [0.4, 0.5) is 0 Å². The summed E-state index contributed by atoms with van der Waals surface area (Å²) in [5, 5.41) is 8.66. The molecule has 0 radical (unpaired) electrons. The molecule has 0 aliphatic carbocycles. The molecular weight excluding hydrogens is 180 g/mol. The highest BCUT2D eigenvalue weighted by Crippen LogP contribution is 2.18. The average Bonchev–Trinajstić information content (AvgIpc) is 2.21. The van der Waals surface area contributed by atoms with Crippen molar-refractivity contribution < 1.29 is 9.47 Å². The van der Waals surface area contributed by atoms with Crippen LogP contribution in [0.2, 0.25) is 0 Å². The summed E-state index contributed by atoms with van der Waals surface area (Å²) in [6.07, 6.45) is 1.55. The van der Waals surface area contributed by atoms with Gasteiger partial charge in [0.2, 0.25) is 0 Å². The van der Waals surface area contributed by atoms with E-state index in [1.54, 1.807) is 19.4 Å². The van der Waals surface area contributed by atoms with Crippen molar-refractivity contribution in [3.05, 3.63) is 23.5 Å². The molecule has 0 unspecified atom stereocenters. The van der Waals surface area contributed by atoms with E-state index < -0.39 is 0 Å². The zero-order valence-corrected chi connectivity index (χ0v) is 8.28. The maximum Gasteiger partial charge on any atom is 0.143 e. The molecule has 0 fully saturated rings. The molecule has 0 spiro atoms. The van der Waals surface area contributed by atoms with Crippen LogP contribution in [0.1, 0.15) is 18.2 Å².